The molecule has 0 spiro atoms. The lowest BCUT2D eigenvalue weighted by Gasteiger charge is -1.99. The predicted molar refractivity (Wildman–Crippen MR) is 71.5 cm³/mol. The van der Waals surface area contributed by atoms with Crippen molar-refractivity contribution in [2.45, 2.75) is 0 Å². The molecule has 3 aromatic rings. The third kappa shape index (κ3) is 1.91. The minimum atomic E-state index is -0.480. The van der Waals surface area contributed by atoms with Crippen molar-refractivity contribution in [1.29, 1.82) is 0 Å². The summed E-state index contributed by atoms with van der Waals surface area (Å²) in [6.45, 7) is 0. The van der Waals surface area contributed by atoms with Crippen LogP contribution in [0.2, 0.25) is 0 Å². The van der Waals surface area contributed by atoms with E-state index in [1.165, 1.54) is 24.3 Å². The minimum Gasteiger partial charge on any atom is -0.504 e. The average molecular weight is 271 g/mol. The van der Waals surface area contributed by atoms with Crippen LogP contribution in [0.15, 0.2) is 36.4 Å². The van der Waals surface area contributed by atoms with Crippen molar-refractivity contribution in [3.63, 3.8) is 0 Å². The van der Waals surface area contributed by atoms with E-state index < -0.39 is 4.92 Å². The lowest BCUT2D eigenvalue weighted by Crippen LogP contribution is -1.86. The maximum Gasteiger partial charge on any atom is 0.271 e. The molecule has 0 bridgehead atoms. The Morgan fingerprint density at radius 3 is 2.60 bits per heavy atom. The maximum atomic E-state index is 10.7. The second-order valence-corrected chi connectivity index (χ2v) is 4.25. The summed E-state index contributed by atoms with van der Waals surface area (Å²) in [5.41, 5.74) is 1.65. The van der Waals surface area contributed by atoms with Gasteiger partial charge in [0.05, 0.1) is 16.0 Å². The van der Waals surface area contributed by atoms with E-state index in [0.717, 1.165) is 0 Å². The van der Waals surface area contributed by atoms with E-state index in [4.69, 9.17) is 0 Å². The molecule has 0 aliphatic heterocycles. The van der Waals surface area contributed by atoms with Crippen LogP contribution in [0, 0.1) is 10.1 Å². The fraction of sp³-hybridized carbons (Fsp3) is 0. The molecule has 0 unspecified atom stereocenters. The molecule has 0 radical (unpaired) electrons. The highest BCUT2D eigenvalue weighted by atomic mass is 16.6. The number of hydrogen-bond donors (Lipinski definition) is 3. The van der Waals surface area contributed by atoms with Gasteiger partial charge in [0, 0.05) is 17.7 Å². The molecule has 0 saturated carbocycles. The first-order valence-electron chi connectivity index (χ1n) is 5.71. The van der Waals surface area contributed by atoms with E-state index in [1.54, 1.807) is 12.1 Å². The molecule has 0 fully saturated rings. The van der Waals surface area contributed by atoms with Gasteiger partial charge in [-0.15, -0.1) is 0 Å². The number of benzene rings is 2. The molecule has 20 heavy (non-hydrogen) atoms. The van der Waals surface area contributed by atoms with Crippen LogP contribution in [0.1, 0.15) is 0 Å². The van der Waals surface area contributed by atoms with Crippen LogP contribution in [0.3, 0.4) is 0 Å². The van der Waals surface area contributed by atoms with E-state index in [9.17, 15) is 20.3 Å². The number of phenolic OH excluding ortho intramolecular Hbond substituents is 2. The molecule has 100 valence electrons. The highest BCUT2D eigenvalue weighted by molar-refractivity contribution is 5.81. The summed E-state index contributed by atoms with van der Waals surface area (Å²) < 4.78 is 0. The number of aromatic amines is 1. The van der Waals surface area contributed by atoms with Crippen molar-refractivity contribution in [2.75, 3.05) is 0 Å². The first-order valence-corrected chi connectivity index (χ1v) is 5.71. The highest BCUT2D eigenvalue weighted by Gasteiger charge is 2.11. The molecular weight excluding hydrogens is 262 g/mol. The number of hydrogen-bond acceptors (Lipinski definition) is 5. The zero-order chi connectivity index (χ0) is 14.3. The van der Waals surface area contributed by atoms with Crippen molar-refractivity contribution >= 4 is 16.7 Å². The maximum absolute atomic E-state index is 10.7. The fourth-order valence-corrected chi connectivity index (χ4v) is 1.92. The van der Waals surface area contributed by atoms with Crippen LogP contribution in [-0.2, 0) is 0 Å². The van der Waals surface area contributed by atoms with Crippen molar-refractivity contribution in [3.05, 3.63) is 46.5 Å². The number of nitro groups is 1. The molecule has 0 atom stereocenters. The molecule has 3 rings (SSSR count). The molecule has 1 aromatic heterocycles. The van der Waals surface area contributed by atoms with Crippen LogP contribution in [0.4, 0.5) is 5.69 Å². The quantitative estimate of drug-likeness (QED) is 0.376. The summed E-state index contributed by atoms with van der Waals surface area (Å²) in [4.78, 5) is 17.5. The number of nitro benzene ring substituents is 1. The van der Waals surface area contributed by atoms with Gasteiger partial charge in [-0.05, 0) is 24.3 Å². The molecule has 7 nitrogen and oxygen atoms in total. The van der Waals surface area contributed by atoms with Gasteiger partial charge in [-0.25, -0.2) is 4.98 Å². The number of non-ortho nitro benzene ring substituents is 1. The molecular formula is C13H9N3O4. The minimum absolute atomic E-state index is 0.0266. The van der Waals surface area contributed by atoms with Crippen LogP contribution in [0.25, 0.3) is 22.4 Å². The van der Waals surface area contributed by atoms with Crippen molar-refractivity contribution in [2.24, 2.45) is 0 Å². The Balaban J connectivity index is 2.12. The number of phenols is 2. The Labute approximate surface area is 112 Å². The van der Waals surface area contributed by atoms with Gasteiger partial charge in [0.2, 0.25) is 0 Å². The highest BCUT2D eigenvalue weighted by Crippen LogP contribution is 2.30. The Morgan fingerprint density at radius 1 is 1.10 bits per heavy atom. The lowest BCUT2D eigenvalue weighted by molar-refractivity contribution is -0.384. The predicted octanol–water partition coefficient (Wildman–Crippen LogP) is 2.55. The molecule has 0 saturated heterocycles. The Morgan fingerprint density at radius 2 is 1.90 bits per heavy atom. The zero-order valence-electron chi connectivity index (χ0n) is 10.1. The SMILES string of the molecule is O=[N+]([O-])c1ccc2nc(-c3ccc(O)c(O)c3)[nH]c2c1. The van der Waals surface area contributed by atoms with Gasteiger partial charge in [0.1, 0.15) is 5.82 Å². The number of fused-ring (bicyclic) bond motifs is 1. The number of imidazole rings is 1. The topological polar surface area (TPSA) is 112 Å². The number of H-pyrrole nitrogens is 1. The van der Waals surface area contributed by atoms with Crippen LogP contribution < -0.4 is 0 Å². The summed E-state index contributed by atoms with van der Waals surface area (Å²) in [5, 5.41) is 29.5. The molecule has 2 aromatic carbocycles. The monoisotopic (exact) mass is 271 g/mol. The summed E-state index contributed by atoms with van der Waals surface area (Å²) in [5.74, 6) is -0.0229. The van der Waals surface area contributed by atoms with E-state index in [2.05, 4.69) is 9.97 Å². The van der Waals surface area contributed by atoms with E-state index in [0.29, 0.717) is 22.4 Å². The van der Waals surface area contributed by atoms with Gasteiger partial charge in [-0.2, -0.15) is 0 Å². The summed E-state index contributed by atoms with van der Waals surface area (Å²) in [6.07, 6.45) is 0. The fourth-order valence-electron chi connectivity index (χ4n) is 1.92. The first kappa shape index (κ1) is 12.0. The molecule has 0 amide bonds. The second kappa shape index (κ2) is 4.23. The number of nitrogens with one attached hydrogen (secondary N) is 1. The summed E-state index contributed by atoms with van der Waals surface area (Å²) >= 11 is 0. The summed E-state index contributed by atoms with van der Waals surface area (Å²) in [7, 11) is 0. The standard InChI is InChI=1S/C13H9N3O4/c17-11-4-1-7(5-12(11)18)13-14-9-3-2-8(16(19)20)6-10(9)15-13/h1-6,17-18H,(H,14,15). The normalized spacial score (nSPS) is 10.8. The third-order valence-electron chi connectivity index (χ3n) is 2.93. The molecule has 1 heterocycles. The van der Waals surface area contributed by atoms with Gasteiger partial charge in [0.25, 0.3) is 5.69 Å². The molecule has 7 heteroatoms. The van der Waals surface area contributed by atoms with E-state index >= 15 is 0 Å². The summed E-state index contributed by atoms with van der Waals surface area (Å²) in [6, 6.07) is 8.62. The second-order valence-electron chi connectivity index (χ2n) is 4.25. The zero-order valence-corrected chi connectivity index (χ0v) is 10.1. The Kier molecular flexibility index (Phi) is 2.53. The van der Waals surface area contributed by atoms with Gasteiger partial charge < -0.3 is 15.2 Å². The smallest absolute Gasteiger partial charge is 0.271 e. The van der Waals surface area contributed by atoms with Crippen molar-refractivity contribution < 1.29 is 15.1 Å². The Hall–Kier alpha value is -3.09. The third-order valence-corrected chi connectivity index (χ3v) is 2.93. The molecule has 0 aliphatic carbocycles. The average Bonchev–Trinajstić information content (AvgIpc) is 2.84. The number of nitrogens with zero attached hydrogens (tertiary/aromatic N) is 2. The van der Waals surface area contributed by atoms with Gasteiger partial charge in [0.15, 0.2) is 11.5 Å². The molecule has 3 N–H and O–H groups in total. The number of aromatic nitrogens is 2. The first-order chi connectivity index (χ1) is 9.54. The lowest BCUT2D eigenvalue weighted by atomic mass is 10.2. The van der Waals surface area contributed by atoms with Gasteiger partial charge in [-0.3, -0.25) is 10.1 Å². The van der Waals surface area contributed by atoms with Gasteiger partial charge >= 0.3 is 0 Å². The number of aromatic hydroxyl groups is 2. The molecule has 0 aliphatic rings. The van der Waals surface area contributed by atoms with Crippen LogP contribution in [0.5, 0.6) is 11.5 Å². The van der Waals surface area contributed by atoms with Crippen LogP contribution >= 0.6 is 0 Å². The van der Waals surface area contributed by atoms with Crippen LogP contribution in [-0.4, -0.2) is 25.1 Å². The Bertz CT molecular complexity index is 826. The largest absolute Gasteiger partial charge is 0.504 e. The van der Waals surface area contributed by atoms with E-state index in [1.807, 2.05) is 0 Å². The van der Waals surface area contributed by atoms with Crippen molar-refractivity contribution in [1.82, 2.24) is 9.97 Å². The number of rotatable bonds is 2. The van der Waals surface area contributed by atoms with E-state index in [-0.39, 0.29) is 17.2 Å². The van der Waals surface area contributed by atoms with Gasteiger partial charge in [-0.1, -0.05) is 0 Å². The van der Waals surface area contributed by atoms with Crippen molar-refractivity contribution in [3.8, 4) is 22.9 Å².